The van der Waals surface area contributed by atoms with Gasteiger partial charge < -0.3 is 16.2 Å². The van der Waals surface area contributed by atoms with Crippen molar-refractivity contribution in [1.29, 1.82) is 0 Å². The molecule has 0 aromatic heterocycles. The van der Waals surface area contributed by atoms with Crippen LogP contribution in [-0.2, 0) is 24.3 Å². The van der Waals surface area contributed by atoms with Crippen LogP contribution in [0.5, 0.6) is 0 Å². The van der Waals surface area contributed by atoms with Crippen molar-refractivity contribution in [1.82, 2.24) is 5.32 Å². The quantitative estimate of drug-likeness (QED) is 0.679. The van der Waals surface area contributed by atoms with Crippen LogP contribution >= 0.6 is 0 Å². The average molecular weight is 224 g/mol. The fourth-order valence-electron chi connectivity index (χ4n) is 1.92. The predicted octanol–water partition coefficient (Wildman–Crippen LogP) is 0.383. The Balaban J connectivity index is 2.34. The molecule has 0 bridgehead atoms. The van der Waals surface area contributed by atoms with Crippen LogP contribution in [-0.4, -0.2) is 17.1 Å². The minimum absolute atomic E-state index is 0.129. The highest BCUT2D eigenvalue weighted by atomic mass is 19.1. The second-order valence-corrected chi connectivity index (χ2v) is 3.89. The number of nitrogens with two attached hydrogens (primary N) is 1. The Hall–Kier alpha value is -1.46. The summed E-state index contributed by atoms with van der Waals surface area (Å²) in [6.07, 6.45) is 0.373. The van der Waals surface area contributed by atoms with Crippen LogP contribution < -0.4 is 11.1 Å². The van der Waals surface area contributed by atoms with Gasteiger partial charge >= 0.3 is 5.97 Å². The van der Waals surface area contributed by atoms with Gasteiger partial charge in [-0.2, -0.15) is 0 Å². The number of hydrogen-bond acceptors (Lipinski definition) is 3. The van der Waals surface area contributed by atoms with Crippen molar-refractivity contribution < 1.29 is 14.3 Å². The second kappa shape index (κ2) is 4.19. The number of carboxylic acid groups (broad SMARTS) is 1. The van der Waals surface area contributed by atoms with E-state index in [1.807, 2.05) is 0 Å². The van der Waals surface area contributed by atoms with Gasteiger partial charge in [0.15, 0.2) is 0 Å². The zero-order valence-electron chi connectivity index (χ0n) is 8.66. The first kappa shape index (κ1) is 11.0. The Labute approximate surface area is 92.3 Å². The molecule has 1 aromatic rings. The number of aliphatic carboxylic acids is 1. The zero-order valence-corrected chi connectivity index (χ0v) is 8.66. The lowest BCUT2D eigenvalue weighted by atomic mass is 9.93. The Morgan fingerprint density at radius 1 is 1.56 bits per heavy atom. The van der Waals surface area contributed by atoms with Crippen molar-refractivity contribution >= 4 is 5.97 Å². The molecule has 0 amide bonds. The topological polar surface area (TPSA) is 75.3 Å². The van der Waals surface area contributed by atoms with Crippen LogP contribution in [0.1, 0.15) is 16.7 Å². The van der Waals surface area contributed by atoms with Crippen LogP contribution in [0.15, 0.2) is 12.1 Å². The summed E-state index contributed by atoms with van der Waals surface area (Å²) in [6.45, 7) is 0.512. The molecule has 1 unspecified atom stereocenters. The van der Waals surface area contributed by atoms with E-state index in [4.69, 9.17) is 10.8 Å². The third-order valence-corrected chi connectivity index (χ3v) is 2.85. The lowest BCUT2D eigenvalue weighted by molar-refractivity contribution is -0.139. The van der Waals surface area contributed by atoms with E-state index in [0.717, 1.165) is 11.1 Å². The van der Waals surface area contributed by atoms with E-state index in [-0.39, 0.29) is 12.4 Å². The van der Waals surface area contributed by atoms with Crippen molar-refractivity contribution in [3.05, 3.63) is 34.6 Å². The van der Waals surface area contributed by atoms with Crippen LogP contribution in [0, 0.1) is 5.82 Å². The molecule has 0 saturated carbocycles. The Morgan fingerprint density at radius 3 is 2.94 bits per heavy atom. The lowest BCUT2D eigenvalue weighted by Crippen LogP contribution is -2.41. The molecule has 0 aliphatic carbocycles. The summed E-state index contributed by atoms with van der Waals surface area (Å²) >= 11 is 0. The molecule has 5 heteroatoms. The maximum Gasteiger partial charge on any atom is 0.321 e. The summed E-state index contributed by atoms with van der Waals surface area (Å²) in [5.74, 6) is -1.21. The van der Waals surface area contributed by atoms with Gasteiger partial charge in [0.2, 0.25) is 0 Å². The molecule has 4 nitrogen and oxygen atoms in total. The highest BCUT2D eigenvalue weighted by molar-refractivity contribution is 5.74. The fourth-order valence-corrected chi connectivity index (χ4v) is 1.92. The highest BCUT2D eigenvalue weighted by Crippen LogP contribution is 2.21. The number of nitrogens with one attached hydrogen (secondary N) is 1. The minimum atomic E-state index is -0.885. The van der Waals surface area contributed by atoms with Crippen LogP contribution in [0.25, 0.3) is 0 Å². The predicted molar refractivity (Wildman–Crippen MR) is 56.3 cm³/mol. The number of fused-ring (bicyclic) bond motifs is 1. The van der Waals surface area contributed by atoms with Crippen LogP contribution in [0.4, 0.5) is 4.39 Å². The molecule has 16 heavy (non-hydrogen) atoms. The van der Waals surface area contributed by atoms with Gasteiger partial charge in [0, 0.05) is 18.7 Å². The van der Waals surface area contributed by atoms with Gasteiger partial charge in [-0.15, -0.1) is 0 Å². The number of rotatable bonds is 2. The molecule has 0 saturated heterocycles. The van der Waals surface area contributed by atoms with Gasteiger partial charge in [0.1, 0.15) is 11.9 Å². The van der Waals surface area contributed by atoms with Gasteiger partial charge in [-0.3, -0.25) is 4.79 Å². The van der Waals surface area contributed by atoms with E-state index in [2.05, 4.69) is 5.32 Å². The number of carboxylic acids is 1. The molecule has 1 aliphatic rings. The molecular formula is C11H13FN2O2. The first-order chi connectivity index (χ1) is 7.61. The van der Waals surface area contributed by atoms with Crippen molar-refractivity contribution in [3.63, 3.8) is 0 Å². The van der Waals surface area contributed by atoms with E-state index in [1.54, 1.807) is 6.07 Å². The molecule has 0 radical (unpaired) electrons. The number of halogens is 1. The molecule has 0 spiro atoms. The molecule has 1 aliphatic heterocycles. The van der Waals surface area contributed by atoms with Crippen LogP contribution in [0.3, 0.4) is 0 Å². The van der Waals surface area contributed by atoms with Crippen molar-refractivity contribution in [2.45, 2.75) is 25.6 Å². The first-order valence-corrected chi connectivity index (χ1v) is 5.08. The molecule has 1 atom stereocenters. The van der Waals surface area contributed by atoms with E-state index in [0.29, 0.717) is 18.5 Å². The number of hydrogen-bond donors (Lipinski definition) is 3. The first-order valence-electron chi connectivity index (χ1n) is 5.08. The van der Waals surface area contributed by atoms with Crippen molar-refractivity contribution in [2.75, 3.05) is 0 Å². The molecule has 0 fully saturated rings. The van der Waals surface area contributed by atoms with E-state index < -0.39 is 12.0 Å². The standard InChI is InChI=1S/C11H13FN2O2/c12-9-2-8-5-14-10(11(15)16)3-6(8)1-7(9)4-13/h1-2,10,14H,3-5,13H2,(H,15,16). The largest absolute Gasteiger partial charge is 0.480 e. The summed E-state index contributed by atoms with van der Waals surface area (Å²) in [7, 11) is 0. The summed E-state index contributed by atoms with van der Waals surface area (Å²) in [4.78, 5) is 10.8. The van der Waals surface area contributed by atoms with Gasteiger partial charge in [0.05, 0.1) is 0 Å². The van der Waals surface area contributed by atoms with E-state index in [9.17, 15) is 9.18 Å². The third-order valence-electron chi connectivity index (χ3n) is 2.85. The molecule has 86 valence electrons. The summed E-state index contributed by atoms with van der Waals surface area (Å²) in [6, 6.07) is 2.51. The lowest BCUT2D eigenvalue weighted by Gasteiger charge is -2.23. The van der Waals surface area contributed by atoms with Crippen LogP contribution in [0.2, 0.25) is 0 Å². The fraction of sp³-hybridized carbons (Fsp3) is 0.364. The molecule has 1 aromatic carbocycles. The van der Waals surface area contributed by atoms with Gasteiger partial charge in [-0.05, 0) is 23.6 Å². The Kier molecular flexibility index (Phi) is 2.89. The average Bonchev–Trinajstić information content (AvgIpc) is 2.27. The molecule has 4 N–H and O–H groups in total. The van der Waals surface area contributed by atoms with E-state index in [1.165, 1.54) is 6.07 Å². The number of benzene rings is 1. The van der Waals surface area contributed by atoms with Gasteiger partial charge in [-0.25, -0.2) is 4.39 Å². The minimum Gasteiger partial charge on any atom is -0.480 e. The molecule has 2 rings (SSSR count). The second-order valence-electron chi connectivity index (χ2n) is 3.89. The highest BCUT2D eigenvalue weighted by Gasteiger charge is 2.24. The third kappa shape index (κ3) is 1.91. The van der Waals surface area contributed by atoms with Crippen molar-refractivity contribution in [3.8, 4) is 0 Å². The molecular weight excluding hydrogens is 211 g/mol. The van der Waals surface area contributed by atoms with E-state index >= 15 is 0 Å². The number of carbonyl (C=O) groups is 1. The maximum atomic E-state index is 13.4. The normalized spacial score (nSPS) is 19.2. The molecule has 1 heterocycles. The smallest absolute Gasteiger partial charge is 0.321 e. The monoisotopic (exact) mass is 224 g/mol. The summed E-state index contributed by atoms with van der Waals surface area (Å²) in [5.41, 5.74) is 7.52. The Morgan fingerprint density at radius 2 is 2.31 bits per heavy atom. The zero-order chi connectivity index (χ0) is 11.7. The summed E-state index contributed by atoms with van der Waals surface area (Å²) in [5, 5.41) is 11.7. The van der Waals surface area contributed by atoms with Gasteiger partial charge in [-0.1, -0.05) is 6.07 Å². The Bertz CT molecular complexity index is 434. The van der Waals surface area contributed by atoms with Crippen molar-refractivity contribution in [2.24, 2.45) is 5.73 Å². The van der Waals surface area contributed by atoms with Gasteiger partial charge in [0.25, 0.3) is 0 Å². The maximum absolute atomic E-state index is 13.4. The SMILES string of the molecule is NCc1cc2c(cc1F)CNC(C(=O)O)C2. The summed E-state index contributed by atoms with van der Waals surface area (Å²) < 4.78 is 13.4.